The number of hydrogen-bond acceptors (Lipinski definition) is 17. The van der Waals surface area contributed by atoms with Crippen molar-refractivity contribution in [3.05, 3.63) is 85.1 Å². The van der Waals surface area contributed by atoms with E-state index >= 15 is 0 Å². The maximum absolute atomic E-state index is 12.6. The molecule has 3 heterocycles. The molecule has 2 bridgehead atoms. The lowest BCUT2D eigenvalue weighted by molar-refractivity contribution is -0.308. The van der Waals surface area contributed by atoms with E-state index < -0.39 is 147 Å². The summed E-state index contributed by atoms with van der Waals surface area (Å²) in [5.74, 6) is -6.83. The Hall–Kier alpha value is -3.44. The molecule has 0 aromatic heterocycles. The average molecular weight is 924 g/mol. The summed E-state index contributed by atoms with van der Waals surface area (Å²) < 4.78 is 23.1. The number of esters is 1. The van der Waals surface area contributed by atoms with E-state index in [1.807, 2.05) is 19.1 Å². The molecule has 0 aliphatic carbocycles. The highest BCUT2D eigenvalue weighted by atomic mass is 16.7. The molecule has 18 nitrogen and oxygen atoms in total. The van der Waals surface area contributed by atoms with Crippen molar-refractivity contribution in [2.24, 2.45) is 23.5 Å². The fraction of sp³-hybridized carbons (Fsp3) is 0.660. The maximum Gasteiger partial charge on any atom is 0.311 e. The molecule has 18 unspecified atom stereocenters. The summed E-state index contributed by atoms with van der Waals surface area (Å²) in [5, 5.41) is 118. The van der Waals surface area contributed by atoms with Crippen molar-refractivity contribution in [2.45, 2.75) is 177 Å². The summed E-state index contributed by atoms with van der Waals surface area (Å²) in [7, 11) is 0. The molecule has 65 heavy (non-hydrogen) atoms. The summed E-state index contributed by atoms with van der Waals surface area (Å²) in [5.41, 5.74) is 6.02. The van der Waals surface area contributed by atoms with E-state index in [0.29, 0.717) is 0 Å². The zero-order valence-electron chi connectivity index (χ0n) is 37.6. The predicted molar refractivity (Wildman–Crippen MR) is 237 cm³/mol. The maximum atomic E-state index is 12.6. The Morgan fingerprint density at radius 2 is 1.23 bits per heavy atom. The van der Waals surface area contributed by atoms with Gasteiger partial charge in [-0.3, -0.25) is 9.59 Å². The Labute approximate surface area is 381 Å². The van der Waals surface area contributed by atoms with E-state index in [9.17, 15) is 65.8 Å². The third-order valence-electron chi connectivity index (χ3n) is 12.0. The minimum Gasteiger partial charge on any atom is -0.481 e. The normalized spacial score (nSPS) is 42.0. The predicted octanol–water partition coefficient (Wildman–Crippen LogP) is 0.712. The van der Waals surface area contributed by atoms with Crippen LogP contribution in [0.3, 0.4) is 0 Å². The number of rotatable bonds is 3. The van der Waals surface area contributed by atoms with Gasteiger partial charge in [-0.25, -0.2) is 0 Å². The number of allylic oxidation sites excluding steroid dienone is 12. The first-order valence-corrected chi connectivity index (χ1v) is 22.3. The first-order valence-electron chi connectivity index (χ1n) is 22.3. The van der Waals surface area contributed by atoms with Crippen LogP contribution in [0.2, 0.25) is 0 Å². The first kappa shape index (κ1) is 55.9. The molecule has 0 aromatic rings. The number of hydrogen-bond donors (Lipinski definition) is 12. The van der Waals surface area contributed by atoms with E-state index in [1.54, 1.807) is 80.7 Å². The molecule has 3 aliphatic heterocycles. The second-order valence-corrected chi connectivity index (χ2v) is 17.6. The summed E-state index contributed by atoms with van der Waals surface area (Å²) in [6, 6.07) is -1.15. The number of carbonyl (C=O) groups is 2. The van der Waals surface area contributed by atoms with Crippen LogP contribution in [0, 0.1) is 17.8 Å². The Kier molecular flexibility index (Phi) is 23.6. The van der Waals surface area contributed by atoms with Crippen molar-refractivity contribution in [3.8, 4) is 0 Å². The van der Waals surface area contributed by atoms with Gasteiger partial charge >= 0.3 is 11.9 Å². The van der Waals surface area contributed by atoms with Crippen LogP contribution in [0.5, 0.6) is 0 Å². The molecule has 19 atom stereocenters. The van der Waals surface area contributed by atoms with E-state index in [-0.39, 0.29) is 31.6 Å². The monoisotopic (exact) mass is 923 g/mol. The first-order chi connectivity index (χ1) is 30.6. The van der Waals surface area contributed by atoms with Gasteiger partial charge in [0.1, 0.15) is 18.1 Å². The van der Waals surface area contributed by atoms with Gasteiger partial charge in [0.2, 0.25) is 0 Å². The minimum absolute atomic E-state index is 0.107. The largest absolute Gasteiger partial charge is 0.481 e. The summed E-state index contributed by atoms with van der Waals surface area (Å²) in [6.07, 6.45) is 3.46. The van der Waals surface area contributed by atoms with Crippen LogP contribution in [0.25, 0.3) is 0 Å². The van der Waals surface area contributed by atoms with E-state index in [4.69, 9.17) is 24.7 Å². The summed E-state index contributed by atoms with van der Waals surface area (Å²) >= 11 is 0. The van der Waals surface area contributed by atoms with Crippen LogP contribution in [0.15, 0.2) is 85.1 Å². The van der Waals surface area contributed by atoms with Crippen molar-refractivity contribution < 1.29 is 84.7 Å². The van der Waals surface area contributed by atoms with Gasteiger partial charge in [0, 0.05) is 37.5 Å². The van der Waals surface area contributed by atoms with Crippen molar-refractivity contribution >= 4 is 11.9 Å². The molecule has 3 aliphatic rings. The molecule has 368 valence electrons. The molecule has 13 N–H and O–H groups in total. The van der Waals surface area contributed by atoms with Gasteiger partial charge in [-0.1, -0.05) is 98.9 Å². The van der Waals surface area contributed by atoms with Crippen LogP contribution < -0.4 is 5.73 Å². The highest BCUT2D eigenvalue weighted by Crippen LogP contribution is 2.38. The molecule has 0 amide bonds. The van der Waals surface area contributed by atoms with Gasteiger partial charge in [-0.05, 0) is 33.1 Å². The number of aliphatic hydroxyl groups is 10. The Bertz CT molecular complexity index is 1670. The minimum atomic E-state index is -2.33. The fourth-order valence-electron chi connectivity index (χ4n) is 7.97. The number of carbonyl (C=O) groups excluding carboxylic acids is 1. The van der Waals surface area contributed by atoms with Gasteiger partial charge in [0.15, 0.2) is 12.1 Å². The molecule has 0 spiro atoms. The lowest BCUT2D eigenvalue weighted by Crippen LogP contribution is -2.61. The highest BCUT2D eigenvalue weighted by Gasteiger charge is 2.51. The van der Waals surface area contributed by atoms with Crippen molar-refractivity contribution in [2.75, 3.05) is 0 Å². The van der Waals surface area contributed by atoms with Gasteiger partial charge in [0.05, 0.1) is 79.6 Å². The Morgan fingerprint density at radius 1 is 0.662 bits per heavy atom. The number of fused-ring (bicyclic) bond motifs is 2. The van der Waals surface area contributed by atoms with Crippen LogP contribution in [0.1, 0.15) is 79.1 Å². The lowest BCUT2D eigenvalue weighted by Gasteiger charge is -2.45. The summed E-state index contributed by atoms with van der Waals surface area (Å²) in [4.78, 5) is 25.1. The third-order valence-corrected chi connectivity index (χ3v) is 12.0. The molecule has 2 saturated heterocycles. The Balaban J connectivity index is 1.86. The Morgan fingerprint density at radius 3 is 1.82 bits per heavy atom. The second kappa shape index (κ2) is 27.4. The quantitative estimate of drug-likeness (QED) is 0.174. The van der Waals surface area contributed by atoms with Gasteiger partial charge in [-0.15, -0.1) is 0 Å². The lowest BCUT2D eigenvalue weighted by atomic mass is 9.82. The van der Waals surface area contributed by atoms with Crippen LogP contribution in [0.4, 0.5) is 0 Å². The van der Waals surface area contributed by atoms with Gasteiger partial charge in [-0.2, -0.15) is 0 Å². The molecule has 0 saturated carbocycles. The van der Waals surface area contributed by atoms with Crippen molar-refractivity contribution in [1.29, 1.82) is 0 Å². The number of ether oxygens (including phenoxy) is 4. The molecule has 0 aromatic carbocycles. The van der Waals surface area contributed by atoms with E-state index in [2.05, 4.69) is 0 Å². The number of carboxylic acid groups (broad SMARTS) is 1. The molecule has 3 rings (SSSR count). The van der Waals surface area contributed by atoms with Crippen LogP contribution in [-0.4, -0.2) is 166 Å². The number of nitrogens with two attached hydrogens (primary N) is 1. The molecular formula is C47H73NO17. The van der Waals surface area contributed by atoms with Crippen molar-refractivity contribution in [3.63, 3.8) is 0 Å². The van der Waals surface area contributed by atoms with Gasteiger partial charge < -0.3 is 80.9 Å². The van der Waals surface area contributed by atoms with E-state index in [1.165, 1.54) is 13.0 Å². The standard InChI is InChI=1S/C47H73NO17/c1-27-17-15-13-11-9-7-5-6-8-10-12-14-16-18-34(64-46-44(58)41(48)43(57)30(4)63-46)24-38-40(45(59)60)37(54)26-47(61,65-38)25-33(51)22-36(53)35(52)20-19-31(49)21-32(50)23-39(55)62-29(3)28(2)42(27)56/h5-18,27-38,40-44,46,49-54,56-58,61H,19-26,48H2,1-4H3,(H,59,60)/t27?,28?,29?,30?,31?,32?,33?,34?,35?,36?,37?,38?,40?,41?,42?,43?,44?,46?,47-/m0/s1. The topological polar surface area (TPSA) is 320 Å². The zero-order valence-corrected chi connectivity index (χ0v) is 37.6. The SMILES string of the molecule is CC1C=CC=CC=CC=CC=CC=CC=CC(OC2OC(C)C(O)C(N)C2O)CC2O[C@@](O)(CC(O)CC(O)C(O)CCC(O)CC(O)CC(=O)OC(C)C(C)C1O)CC(O)C2C(=O)O. The molecular weight excluding hydrogens is 851 g/mol. The summed E-state index contributed by atoms with van der Waals surface area (Å²) in [6.45, 7) is 6.74. The van der Waals surface area contributed by atoms with E-state index in [0.717, 1.165) is 0 Å². The van der Waals surface area contributed by atoms with Crippen molar-refractivity contribution in [1.82, 2.24) is 0 Å². The van der Waals surface area contributed by atoms with Crippen LogP contribution >= 0.6 is 0 Å². The molecule has 18 heteroatoms. The number of cyclic esters (lactones) is 1. The molecule has 2 fully saturated rings. The molecule has 0 radical (unpaired) electrons. The van der Waals surface area contributed by atoms with Crippen LogP contribution in [-0.2, 0) is 28.5 Å². The average Bonchev–Trinajstić information content (AvgIpc) is 3.21. The number of aliphatic hydroxyl groups excluding tert-OH is 9. The fourth-order valence-corrected chi connectivity index (χ4v) is 7.97. The smallest absolute Gasteiger partial charge is 0.311 e. The second-order valence-electron chi connectivity index (χ2n) is 17.6. The zero-order chi connectivity index (χ0) is 48.4. The van der Waals surface area contributed by atoms with Gasteiger partial charge in [0.25, 0.3) is 0 Å². The highest BCUT2D eigenvalue weighted by molar-refractivity contribution is 5.71. The third kappa shape index (κ3) is 18.6. The number of carboxylic acids is 1. The number of aliphatic carboxylic acids is 1.